The van der Waals surface area contributed by atoms with E-state index < -0.39 is 47.7 Å². The fourth-order valence-corrected chi connectivity index (χ4v) is 2.91. The number of hydroxylamine groups is 1. The number of carbonyl (C=O) groups is 4. The second-order valence-corrected chi connectivity index (χ2v) is 9.12. The predicted molar refractivity (Wildman–Crippen MR) is 126 cm³/mol. The van der Waals surface area contributed by atoms with Crippen molar-refractivity contribution >= 4 is 23.8 Å². The van der Waals surface area contributed by atoms with Crippen molar-refractivity contribution in [3.8, 4) is 0 Å². The maximum Gasteiger partial charge on any atom is 0.329 e. The van der Waals surface area contributed by atoms with Gasteiger partial charge in [-0.1, -0.05) is 56.8 Å². The van der Waals surface area contributed by atoms with Crippen molar-refractivity contribution in [2.45, 2.75) is 65.7 Å². The van der Waals surface area contributed by atoms with Crippen LogP contribution in [0, 0.1) is 11.8 Å². The molecular weight excluding hydrogens is 440 g/mol. The average molecular weight is 477 g/mol. The average Bonchev–Trinajstić information content (AvgIpc) is 2.74. The monoisotopic (exact) mass is 476 g/mol. The first-order chi connectivity index (χ1) is 15.9. The molecule has 0 aliphatic carbocycles. The van der Waals surface area contributed by atoms with Gasteiger partial charge < -0.3 is 14.8 Å². The van der Waals surface area contributed by atoms with Crippen LogP contribution in [0.3, 0.4) is 0 Å². The summed E-state index contributed by atoms with van der Waals surface area (Å²) in [5.41, 5.74) is 2.46. The van der Waals surface area contributed by atoms with Crippen molar-refractivity contribution in [2.24, 2.45) is 11.8 Å². The summed E-state index contributed by atoms with van der Waals surface area (Å²) in [5.74, 6) is -3.50. The van der Waals surface area contributed by atoms with Gasteiger partial charge in [-0.2, -0.15) is 0 Å². The molecule has 0 aliphatic heterocycles. The number of benzene rings is 1. The summed E-state index contributed by atoms with van der Waals surface area (Å²) in [6.45, 7) is 12.2. The molecule has 0 saturated heterocycles. The molecule has 188 valence electrons. The van der Waals surface area contributed by atoms with Crippen LogP contribution in [-0.2, 0) is 40.1 Å². The van der Waals surface area contributed by atoms with E-state index in [0.717, 1.165) is 5.56 Å². The molecule has 0 fully saturated rings. The number of amides is 2. The van der Waals surface area contributed by atoms with Gasteiger partial charge in [-0.05, 0) is 32.3 Å². The summed E-state index contributed by atoms with van der Waals surface area (Å²) in [6.07, 6.45) is 0.802. The van der Waals surface area contributed by atoms with Crippen LogP contribution in [0.25, 0.3) is 0 Å². The molecular formula is C25H36N2O7. The van der Waals surface area contributed by atoms with Gasteiger partial charge >= 0.3 is 11.9 Å². The lowest BCUT2D eigenvalue weighted by molar-refractivity contribution is -0.160. The molecule has 0 bridgehead atoms. The SMILES string of the molecule is C=CCOC(=O)C(CC(=O)OC(C)(C)C)NC(=O)C(CC(=O)NOCc1ccccc1)C(C)C. The summed E-state index contributed by atoms with van der Waals surface area (Å²) >= 11 is 0. The molecule has 9 heteroatoms. The number of hydrogen-bond acceptors (Lipinski definition) is 7. The highest BCUT2D eigenvalue weighted by atomic mass is 16.6. The van der Waals surface area contributed by atoms with Gasteiger partial charge in [-0.3, -0.25) is 19.2 Å². The van der Waals surface area contributed by atoms with Gasteiger partial charge in [-0.15, -0.1) is 0 Å². The molecule has 0 heterocycles. The highest BCUT2D eigenvalue weighted by molar-refractivity contribution is 5.91. The van der Waals surface area contributed by atoms with Gasteiger partial charge in [0.1, 0.15) is 18.2 Å². The van der Waals surface area contributed by atoms with E-state index in [1.54, 1.807) is 34.6 Å². The van der Waals surface area contributed by atoms with Crippen LogP contribution < -0.4 is 10.8 Å². The first kappa shape index (κ1) is 28.8. The predicted octanol–water partition coefficient (Wildman–Crippen LogP) is 2.84. The van der Waals surface area contributed by atoms with Gasteiger partial charge in [0.2, 0.25) is 11.8 Å². The third-order valence-electron chi connectivity index (χ3n) is 4.55. The van der Waals surface area contributed by atoms with Gasteiger partial charge in [0.05, 0.1) is 13.0 Å². The minimum Gasteiger partial charge on any atom is -0.460 e. The van der Waals surface area contributed by atoms with E-state index in [4.69, 9.17) is 14.3 Å². The molecule has 1 aromatic carbocycles. The lowest BCUT2D eigenvalue weighted by Crippen LogP contribution is -2.48. The molecule has 0 saturated carbocycles. The highest BCUT2D eigenvalue weighted by Crippen LogP contribution is 2.17. The first-order valence-electron chi connectivity index (χ1n) is 11.2. The van der Waals surface area contributed by atoms with Gasteiger partial charge in [-0.25, -0.2) is 10.3 Å². The van der Waals surface area contributed by atoms with E-state index in [2.05, 4.69) is 17.4 Å². The number of rotatable bonds is 13. The van der Waals surface area contributed by atoms with Crippen molar-refractivity contribution in [1.29, 1.82) is 0 Å². The van der Waals surface area contributed by atoms with E-state index in [9.17, 15) is 19.2 Å². The zero-order chi connectivity index (χ0) is 25.7. The van der Waals surface area contributed by atoms with Crippen molar-refractivity contribution in [1.82, 2.24) is 10.8 Å². The molecule has 34 heavy (non-hydrogen) atoms. The Hall–Kier alpha value is -3.20. The lowest BCUT2D eigenvalue weighted by atomic mass is 9.91. The normalized spacial score (nSPS) is 12.9. The first-order valence-corrected chi connectivity index (χ1v) is 11.2. The standard InChI is InChI=1S/C25H36N2O7/c1-7-13-32-24(31)20(15-22(29)34-25(4,5)6)26-23(30)19(17(2)3)14-21(28)27-33-16-18-11-9-8-10-12-18/h7-12,17,19-20H,1,13-16H2,2-6H3,(H,26,30)(H,27,28). The molecule has 2 amide bonds. The maximum atomic E-state index is 13.0. The van der Waals surface area contributed by atoms with E-state index in [1.165, 1.54) is 6.08 Å². The number of hydrogen-bond donors (Lipinski definition) is 2. The fraction of sp³-hybridized carbons (Fsp3) is 0.520. The van der Waals surface area contributed by atoms with Gasteiger partial charge in [0.25, 0.3) is 0 Å². The third-order valence-corrected chi connectivity index (χ3v) is 4.55. The summed E-state index contributed by atoms with van der Waals surface area (Å²) in [4.78, 5) is 55.2. The Morgan fingerprint density at radius 3 is 2.26 bits per heavy atom. The smallest absolute Gasteiger partial charge is 0.329 e. The van der Waals surface area contributed by atoms with Crippen LogP contribution in [0.15, 0.2) is 43.0 Å². The summed E-state index contributed by atoms with van der Waals surface area (Å²) in [6, 6.07) is 8.03. The van der Waals surface area contributed by atoms with E-state index in [-0.39, 0.29) is 25.6 Å². The number of ether oxygens (including phenoxy) is 2. The molecule has 2 atom stereocenters. The number of carbonyl (C=O) groups excluding carboxylic acids is 4. The molecule has 1 rings (SSSR count). The molecule has 2 N–H and O–H groups in total. The fourth-order valence-electron chi connectivity index (χ4n) is 2.91. The Kier molecular flexibility index (Phi) is 12.0. The second-order valence-electron chi connectivity index (χ2n) is 9.12. The highest BCUT2D eigenvalue weighted by Gasteiger charge is 2.32. The van der Waals surface area contributed by atoms with Gasteiger partial charge in [0.15, 0.2) is 0 Å². The molecule has 9 nitrogen and oxygen atoms in total. The van der Waals surface area contributed by atoms with Crippen LogP contribution in [0.4, 0.5) is 0 Å². The van der Waals surface area contributed by atoms with Crippen molar-refractivity contribution in [2.75, 3.05) is 6.61 Å². The Labute approximate surface area is 201 Å². The quantitative estimate of drug-likeness (QED) is 0.255. The van der Waals surface area contributed by atoms with Crippen LogP contribution in [0.1, 0.15) is 53.0 Å². The summed E-state index contributed by atoms with van der Waals surface area (Å²) in [7, 11) is 0. The van der Waals surface area contributed by atoms with Crippen molar-refractivity contribution in [3.63, 3.8) is 0 Å². The lowest BCUT2D eigenvalue weighted by Gasteiger charge is -2.25. The van der Waals surface area contributed by atoms with Gasteiger partial charge in [0, 0.05) is 12.3 Å². The summed E-state index contributed by atoms with van der Waals surface area (Å²) < 4.78 is 10.3. The molecule has 1 aromatic rings. The van der Waals surface area contributed by atoms with E-state index in [0.29, 0.717) is 0 Å². The van der Waals surface area contributed by atoms with E-state index >= 15 is 0 Å². The Bertz CT molecular complexity index is 831. The molecule has 2 unspecified atom stereocenters. The molecule has 0 radical (unpaired) electrons. The van der Waals surface area contributed by atoms with Crippen LogP contribution in [0.2, 0.25) is 0 Å². The largest absolute Gasteiger partial charge is 0.460 e. The number of nitrogens with one attached hydrogen (secondary N) is 2. The Morgan fingerprint density at radius 1 is 1.06 bits per heavy atom. The van der Waals surface area contributed by atoms with Crippen LogP contribution in [0.5, 0.6) is 0 Å². The van der Waals surface area contributed by atoms with Crippen molar-refractivity contribution < 1.29 is 33.5 Å². The topological polar surface area (TPSA) is 120 Å². The zero-order valence-corrected chi connectivity index (χ0v) is 20.6. The Balaban J connectivity index is 2.77. The zero-order valence-electron chi connectivity index (χ0n) is 20.6. The minimum absolute atomic E-state index is 0.0751. The van der Waals surface area contributed by atoms with E-state index in [1.807, 2.05) is 30.3 Å². The summed E-state index contributed by atoms with van der Waals surface area (Å²) in [5, 5.41) is 2.54. The van der Waals surface area contributed by atoms with Crippen LogP contribution >= 0.6 is 0 Å². The number of esters is 2. The minimum atomic E-state index is -1.26. The molecule has 0 aliphatic rings. The van der Waals surface area contributed by atoms with Crippen LogP contribution in [-0.4, -0.2) is 42.0 Å². The second kappa shape index (κ2) is 14.1. The maximum absolute atomic E-state index is 13.0. The molecule has 0 aromatic heterocycles. The molecule has 0 spiro atoms. The van der Waals surface area contributed by atoms with Crippen molar-refractivity contribution in [3.05, 3.63) is 48.6 Å². The third kappa shape index (κ3) is 11.6. The Morgan fingerprint density at radius 2 is 1.71 bits per heavy atom.